The maximum atomic E-state index is 12.9. The molecule has 2 saturated heterocycles. The van der Waals surface area contributed by atoms with Crippen molar-refractivity contribution in [2.24, 2.45) is 5.92 Å². The molecule has 0 radical (unpaired) electrons. The Morgan fingerprint density at radius 2 is 1.81 bits per heavy atom. The summed E-state index contributed by atoms with van der Waals surface area (Å²) in [5, 5.41) is 3.01. The van der Waals surface area contributed by atoms with E-state index in [1.807, 2.05) is 18.2 Å². The Balaban J connectivity index is 1.38. The second kappa shape index (κ2) is 7.66. The molecule has 3 aliphatic rings. The SMILES string of the molecule is O=C(c1ccc2c(c1)OCCO2)C1CCN([C@@H]2CCCCNC2=O)CC1. The molecule has 6 heteroatoms. The quantitative estimate of drug-likeness (QED) is 0.838. The number of piperidine rings is 1. The number of nitrogens with zero attached hydrogens (tertiary/aromatic N) is 1. The summed E-state index contributed by atoms with van der Waals surface area (Å²) in [5.41, 5.74) is 0.694. The molecule has 1 aromatic rings. The molecule has 0 aliphatic carbocycles. The average molecular weight is 358 g/mol. The summed E-state index contributed by atoms with van der Waals surface area (Å²) in [6.07, 6.45) is 4.67. The molecule has 0 spiro atoms. The molecule has 1 N–H and O–H groups in total. The lowest BCUT2D eigenvalue weighted by molar-refractivity contribution is -0.126. The van der Waals surface area contributed by atoms with Crippen LogP contribution < -0.4 is 14.8 Å². The number of fused-ring (bicyclic) bond motifs is 1. The minimum atomic E-state index is -0.0251. The van der Waals surface area contributed by atoms with Gasteiger partial charge in [0.05, 0.1) is 6.04 Å². The fraction of sp³-hybridized carbons (Fsp3) is 0.600. The molecular formula is C20H26N2O4. The van der Waals surface area contributed by atoms with Gasteiger partial charge in [-0.1, -0.05) is 0 Å². The number of nitrogens with one attached hydrogen (secondary N) is 1. The first-order valence-electron chi connectivity index (χ1n) is 9.68. The van der Waals surface area contributed by atoms with Crippen molar-refractivity contribution in [3.63, 3.8) is 0 Å². The number of Topliss-reactive ketones (excluding diaryl/α,β-unsaturated/α-hetero) is 1. The molecule has 4 rings (SSSR count). The van der Waals surface area contributed by atoms with Crippen molar-refractivity contribution < 1.29 is 19.1 Å². The molecule has 6 nitrogen and oxygen atoms in total. The molecule has 140 valence electrons. The Hall–Kier alpha value is -2.08. The van der Waals surface area contributed by atoms with Crippen LogP contribution >= 0.6 is 0 Å². The van der Waals surface area contributed by atoms with Gasteiger partial charge in [-0.25, -0.2) is 0 Å². The molecule has 1 aromatic carbocycles. The zero-order valence-corrected chi connectivity index (χ0v) is 15.0. The van der Waals surface area contributed by atoms with Crippen LogP contribution in [0.5, 0.6) is 11.5 Å². The average Bonchev–Trinajstić information content (AvgIpc) is 2.91. The number of benzene rings is 1. The fourth-order valence-electron chi connectivity index (χ4n) is 4.18. The number of carbonyl (C=O) groups is 2. The van der Waals surface area contributed by atoms with E-state index in [9.17, 15) is 9.59 Å². The summed E-state index contributed by atoms with van der Waals surface area (Å²) in [7, 11) is 0. The lowest BCUT2D eigenvalue weighted by Crippen LogP contribution is -2.49. The predicted octanol–water partition coefficient (Wildman–Crippen LogP) is 2.02. The normalized spacial score (nSPS) is 24.6. The molecule has 0 bridgehead atoms. The van der Waals surface area contributed by atoms with Crippen molar-refractivity contribution in [1.29, 1.82) is 0 Å². The van der Waals surface area contributed by atoms with Gasteiger partial charge in [-0.2, -0.15) is 0 Å². The number of rotatable bonds is 3. The van der Waals surface area contributed by atoms with Gasteiger partial charge in [-0.3, -0.25) is 14.5 Å². The van der Waals surface area contributed by atoms with Crippen LogP contribution in [0.2, 0.25) is 0 Å². The van der Waals surface area contributed by atoms with Gasteiger partial charge in [0.15, 0.2) is 17.3 Å². The van der Waals surface area contributed by atoms with E-state index in [2.05, 4.69) is 10.2 Å². The molecule has 0 unspecified atom stereocenters. The first kappa shape index (κ1) is 17.3. The number of ketones is 1. The van der Waals surface area contributed by atoms with E-state index in [1.165, 1.54) is 0 Å². The highest BCUT2D eigenvalue weighted by atomic mass is 16.6. The van der Waals surface area contributed by atoms with Crippen molar-refractivity contribution in [2.75, 3.05) is 32.8 Å². The lowest BCUT2D eigenvalue weighted by Gasteiger charge is -2.35. The Morgan fingerprint density at radius 3 is 2.62 bits per heavy atom. The lowest BCUT2D eigenvalue weighted by atomic mass is 9.88. The number of likely N-dealkylation sites (tertiary alicyclic amines) is 1. The Morgan fingerprint density at radius 1 is 1.04 bits per heavy atom. The van der Waals surface area contributed by atoms with Crippen LogP contribution in [0, 0.1) is 5.92 Å². The van der Waals surface area contributed by atoms with E-state index < -0.39 is 0 Å². The van der Waals surface area contributed by atoms with Crippen LogP contribution in [0.1, 0.15) is 42.5 Å². The molecule has 0 aromatic heterocycles. The zero-order valence-electron chi connectivity index (χ0n) is 15.0. The van der Waals surface area contributed by atoms with Gasteiger partial charge < -0.3 is 14.8 Å². The zero-order chi connectivity index (χ0) is 17.9. The largest absolute Gasteiger partial charge is 0.486 e. The van der Waals surface area contributed by atoms with E-state index in [-0.39, 0.29) is 23.7 Å². The van der Waals surface area contributed by atoms with Gasteiger partial charge >= 0.3 is 0 Å². The third-order valence-electron chi connectivity index (χ3n) is 5.67. The number of ether oxygens (including phenoxy) is 2. The summed E-state index contributed by atoms with van der Waals surface area (Å²) < 4.78 is 11.1. The van der Waals surface area contributed by atoms with Gasteiger partial charge in [0.25, 0.3) is 0 Å². The van der Waals surface area contributed by atoms with Gasteiger partial charge in [-0.15, -0.1) is 0 Å². The monoisotopic (exact) mass is 358 g/mol. The molecule has 0 saturated carbocycles. The number of carbonyl (C=O) groups excluding carboxylic acids is 2. The molecule has 3 aliphatic heterocycles. The summed E-state index contributed by atoms with van der Waals surface area (Å²) in [5.74, 6) is 1.71. The number of hydrogen-bond acceptors (Lipinski definition) is 5. The third kappa shape index (κ3) is 3.56. The van der Waals surface area contributed by atoms with Crippen LogP contribution in [0.3, 0.4) is 0 Å². The van der Waals surface area contributed by atoms with Crippen LogP contribution in [0.25, 0.3) is 0 Å². The summed E-state index contributed by atoms with van der Waals surface area (Å²) in [6, 6.07) is 5.44. The topological polar surface area (TPSA) is 67.9 Å². The molecule has 1 atom stereocenters. The minimum absolute atomic E-state index is 0.0163. The van der Waals surface area contributed by atoms with E-state index >= 15 is 0 Å². The van der Waals surface area contributed by atoms with Gasteiger partial charge in [-0.05, 0) is 63.4 Å². The molecule has 2 fully saturated rings. The highest BCUT2D eigenvalue weighted by molar-refractivity contribution is 5.98. The first-order valence-corrected chi connectivity index (χ1v) is 9.68. The van der Waals surface area contributed by atoms with Gasteiger partial charge in [0.2, 0.25) is 5.91 Å². The Bertz CT molecular complexity index is 682. The van der Waals surface area contributed by atoms with Gasteiger partial charge in [0.1, 0.15) is 13.2 Å². The van der Waals surface area contributed by atoms with Gasteiger partial charge in [0, 0.05) is 18.0 Å². The van der Waals surface area contributed by atoms with Crippen molar-refractivity contribution in [3.8, 4) is 11.5 Å². The number of amides is 1. The van der Waals surface area contributed by atoms with Crippen LogP contribution in [0.4, 0.5) is 0 Å². The Kier molecular flexibility index (Phi) is 5.11. The summed E-state index contributed by atoms with van der Waals surface area (Å²) in [6.45, 7) is 3.46. The Labute approximate surface area is 153 Å². The molecule has 3 heterocycles. The second-order valence-electron chi connectivity index (χ2n) is 7.34. The maximum Gasteiger partial charge on any atom is 0.237 e. The van der Waals surface area contributed by atoms with E-state index in [0.717, 1.165) is 51.7 Å². The third-order valence-corrected chi connectivity index (χ3v) is 5.67. The van der Waals surface area contributed by atoms with E-state index in [1.54, 1.807) is 0 Å². The van der Waals surface area contributed by atoms with Crippen LogP contribution in [-0.2, 0) is 4.79 Å². The highest BCUT2D eigenvalue weighted by Crippen LogP contribution is 2.33. The molecule has 1 amide bonds. The van der Waals surface area contributed by atoms with Crippen molar-refractivity contribution in [2.45, 2.75) is 38.1 Å². The minimum Gasteiger partial charge on any atom is -0.486 e. The second-order valence-corrected chi connectivity index (χ2v) is 7.34. The van der Waals surface area contributed by atoms with Crippen molar-refractivity contribution in [3.05, 3.63) is 23.8 Å². The molecular weight excluding hydrogens is 332 g/mol. The fourth-order valence-corrected chi connectivity index (χ4v) is 4.18. The number of hydrogen-bond donors (Lipinski definition) is 1. The van der Waals surface area contributed by atoms with Crippen molar-refractivity contribution >= 4 is 11.7 Å². The molecule has 26 heavy (non-hydrogen) atoms. The van der Waals surface area contributed by atoms with Crippen LogP contribution in [-0.4, -0.2) is 55.5 Å². The maximum absolute atomic E-state index is 12.9. The van der Waals surface area contributed by atoms with Crippen LogP contribution in [0.15, 0.2) is 18.2 Å². The van der Waals surface area contributed by atoms with Crippen molar-refractivity contribution in [1.82, 2.24) is 10.2 Å². The summed E-state index contributed by atoms with van der Waals surface area (Å²) in [4.78, 5) is 27.4. The van der Waals surface area contributed by atoms with E-state index in [0.29, 0.717) is 30.3 Å². The highest BCUT2D eigenvalue weighted by Gasteiger charge is 2.33. The summed E-state index contributed by atoms with van der Waals surface area (Å²) >= 11 is 0. The standard InChI is InChI=1S/C20H26N2O4/c23-19(15-4-5-17-18(13-15)26-12-11-25-17)14-6-9-22(10-7-14)16-3-1-2-8-21-20(16)24/h4-5,13-14,16H,1-3,6-12H2,(H,21,24)/t16-/m1/s1. The predicted molar refractivity (Wildman–Crippen MR) is 96.7 cm³/mol. The smallest absolute Gasteiger partial charge is 0.237 e. The van der Waals surface area contributed by atoms with E-state index in [4.69, 9.17) is 9.47 Å². The first-order chi connectivity index (χ1) is 12.7.